The van der Waals surface area contributed by atoms with Gasteiger partial charge in [-0.15, -0.1) is 0 Å². The molecule has 2 N–H and O–H groups in total. The Balaban J connectivity index is 2.12. The van der Waals surface area contributed by atoms with Gasteiger partial charge < -0.3 is 10.4 Å². The zero-order chi connectivity index (χ0) is 15.4. The Morgan fingerprint density at radius 2 is 2.05 bits per heavy atom. The lowest BCUT2D eigenvalue weighted by Crippen LogP contribution is -2.11. The second kappa shape index (κ2) is 6.04. The van der Waals surface area contributed by atoms with Crippen molar-refractivity contribution in [1.29, 1.82) is 0 Å². The second-order valence-corrected chi connectivity index (χ2v) is 4.48. The Hall–Kier alpha value is -2.89. The van der Waals surface area contributed by atoms with Crippen LogP contribution in [-0.4, -0.2) is 26.8 Å². The number of aromatic carboxylic acids is 1. The van der Waals surface area contributed by atoms with E-state index in [4.69, 9.17) is 5.11 Å². The molecule has 1 aromatic heterocycles. The molecule has 0 unspecified atom stereocenters. The average molecular weight is 285 g/mol. The molecule has 0 atom stereocenters. The second-order valence-electron chi connectivity index (χ2n) is 4.48. The van der Waals surface area contributed by atoms with Gasteiger partial charge in [-0.2, -0.15) is 5.10 Å². The topological polar surface area (TPSA) is 84.2 Å². The van der Waals surface area contributed by atoms with E-state index in [0.717, 1.165) is 11.3 Å². The highest BCUT2D eigenvalue weighted by atomic mass is 16.4. The zero-order valence-electron chi connectivity index (χ0n) is 11.7. The number of rotatable bonds is 4. The van der Waals surface area contributed by atoms with E-state index in [9.17, 15) is 9.59 Å². The van der Waals surface area contributed by atoms with Crippen LogP contribution < -0.4 is 5.32 Å². The fourth-order valence-electron chi connectivity index (χ4n) is 1.80. The van der Waals surface area contributed by atoms with Crippen LogP contribution in [0.1, 0.15) is 21.6 Å². The van der Waals surface area contributed by atoms with Gasteiger partial charge in [0.1, 0.15) is 0 Å². The fourth-order valence-corrected chi connectivity index (χ4v) is 1.80. The number of aromatic nitrogens is 2. The highest BCUT2D eigenvalue weighted by Crippen LogP contribution is 2.15. The van der Waals surface area contributed by atoms with Crippen molar-refractivity contribution >= 4 is 23.6 Å². The number of anilines is 1. The average Bonchev–Trinajstić information content (AvgIpc) is 2.77. The highest BCUT2D eigenvalue weighted by Gasteiger charge is 2.10. The Bertz CT molecular complexity index is 717. The number of amides is 1. The monoisotopic (exact) mass is 285 g/mol. The maximum Gasteiger partial charge on any atom is 0.337 e. The van der Waals surface area contributed by atoms with Crippen LogP contribution in [0.5, 0.6) is 0 Å². The lowest BCUT2D eigenvalue weighted by molar-refractivity contribution is -0.111. The number of nitrogens with zero attached hydrogens (tertiary/aromatic N) is 2. The van der Waals surface area contributed by atoms with E-state index in [-0.39, 0.29) is 11.3 Å². The molecule has 2 aromatic rings. The zero-order valence-corrected chi connectivity index (χ0v) is 11.7. The lowest BCUT2D eigenvalue weighted by atomic mass is 10.2. The third kappa shape index (κ3) is 3.36. The van der Waals surface area contributed by atoms with Gasteiger partial charge in [-0.25, -0.2) is 4.79 Å². The van der Waals surface area contributed by atoms with Crippen molar-refractivity contribution in [2.75, 3.05) is 5.32 Å². The lowest BCUT2D eigenvalue weighted by Gasteiger charge is -2.05. The molecule has 1 aromatic carbocycles. The minimum atomic E-state index is -1.09. The number of carboxylic acids is 1. The van der Waals surface area contributed by atoms with Crippen LogP contribution in [0.15, 0.2) is 36.5 Å². The van der Waals surface area contributed by atoms with Crippen molar-refractivity contribution < 1.29 is 14.7 Å². The van der Waals surface area contributed by atoms with Crippen LogP contribution in [-0.2, 0) is 11.8 Å². The summed E-state index contributed by atoms with van der Waals surface area (Å²) in [5, 5.41) is 15.7. The highest BCUT2D eigenvalue weighted by molar-refractivity contribution is 6.06. The Labute approximate surface area is 121 Å². The Kier molecular flexibility index (Phi) is 4.18. The molecule has 0 aliphatic rings. The van der Waals surface area contributed by atoms with Gasteiger partial charge in [0, 0.05) is 24.4 Å². The first-order valence-electron chi connectivity index (χ1n) is 6.29. The molecule has 0 aliphatic carbocycles. The summed E-state index contributed by atoms with van der Waals surface area (Å²) in [6, 6.07) is 6.25. The summed E-state index contributed by atoms with van der Waals surface area (Å²) in [6.07, 6.45) is 4.65. The van der Waals surface area contributed by atoms with E-state index in [2.05, 4.69) is 10.4 Å². The number of aryl methyl sites for hydroxylation is 1. The standard InChI is InChI=1S/C15H15N3O3/c1-10-11(9-16-18(10)2)7-8-14(19)17-13-6-4-3-5-12(13)15(20)21/h3-9H,1-2H3,(H,17,19)(H,20,21). The van der Waals surface area contributed by atoms with E-state index in [1.165, 1.54) is 12.1 Å². The van der Waals surface area contributed by atoms with E-state index >= 15 is 0 Å². The number of benzene rings is 1. The number of carbonyl (C=O) groups excluding carboxylic acids is 1. The number of nitrogens with one attached hydrogen (secondary N) is 1. The van der Waals surface area contributed by atoms with Gasteiger partial charge in [-0.05, 0) is 25.1 Å². The van der Waals surface area contributed by atoms with Crippen molar-refractivity contribution in [2.45, 2.75) is 6.92 Å². The molecule has 0 fully saturated rings. The minimum Gasteiger partial charge on any atom is -0.478 e. The van der Waals surface area contributed by atoms with Crippen LogP contribution >= 0.6 is 0 Å². The molecule has 6 nitrogen and oxygen atoms in total. The molecule has 0 saturated heterocycles. The summed E-state index contributed by atoms with van der Waals surface area (Å²) < 4.78 is 1.71. The molecule has 6 heteroatoms. The number of hydrogen-bond acceptors (Lipinski definition) is 3. The molecule has 0 aliphatic heterocycles. The number of carbonyl (C=O) groups is 2. The molecule has 0 radical (unpaired) electrons. The summed E-state index contributed by atoms with van der Waals surface area (Å²) in [4.78, 5) is 22.9. The SMILES string of the molecule is Cc1c(C=CC(=O)Nc2ccccc2C(=O)O)cnn1C. The molecular formula is C15H15N3O3. The van der Waals surface area contributed by atoms with Gasteiger partial charge in [0.2, 0.25) is 5.91 Å². The van der Waals surface area contributed by atoms with E-state index in [1.807, 2.05) is 14.0 Å². The van der Waals surface area contributed by atoms with E-state index in [1.54, 1.807) is 35.2 Å². The van der Waals surface area contributed by atoms with Crippen LogP contribution in [0.2, 0.25) is 0 Å². The Morgan fingerprint density at radius 1 is 1.33 bits per heavy atom. The smallest absolute Gasteiger partial charge is 0.337 e. The van der Waals surface area contributed by atoms with Crippen molar-refractivity contribution in [1.82, 2.24) is 9.78 Å². The van der Waals surface area contributed by atoms with Gasteiger partial charge in [-0.3, -0.25) is 9.48 Å². The van der Waals surface area contributed by atoms with Crippen LogP contribution in [0.4, 0.5) is 5.69 Å². The molecule has 2 rings (SSSR count). The molecular weight excluding hydrogens is 270 g/mol. The normalized spacial score (nSPS) is 10.8. The first kappa shape index (κ1) is 14.5. The summed E-state index contributed by atoms with van der Waals surface area (Å²) in [5.41, 5.74) is 2.09. The summed E-state index contributed by atoms with van der Waals surface area (Å²) >= 11 is 0. The summed E-state index contributed by atoms with van der Waals surface area (Å²) in [6.45, 7) is 1.89. The molecule has 0 bridgehead atoms. The number of hydrogen-bond donors (Lipinski definition) is 2. The molecule has 0 spiro atoms. The predicted molar refractivity (Wildman–Crippen MR) is 79.0 cm³/mol. The third-order valence-corrected chi connectivity index (χ3v) is 3.10. The van der Waals surface area contributed by atoms with E-state index < -0.39 is 11.9 Å². The molecule has 108 valence electrons. The fraction of sp³-hybridized carbons (Fsp3) is 0.133. The molecule has 1 heterocycles. The minimum absolute atomic E-state index is 0.0526. The molecule has 1 amide bonds. The van der Waals surface area contributed by atoms with Crippen molar-refractivity contribution in [2.24, 2.45) is 7.05 Å². The maximum atomic E-state index is 11.9. The Morgan fingerprint density at radius 3 is 2.67 bits per heavy atom. The van der Waals surface area contributed by atoms with Gasteiger partial charge in [0.05, 0.1) is 17.4 Å². The first-order valence-corrected chi connectivity index (χ1v) is 6.29. The molecule has 21 heavy (non-hydrogen) atoms. The summed E-state index contributed by atoms with van der Waals surface area (Å²) in [7, 11) is 1.82. The van der Waals surface area contributed by atoms with Gasteiger partial charge in [-0.1, -0.05) is 12.1 Å². The van der Waals surface area contributed by atoms with Crippen molar-refractivity contribution in [3.63, 3.8) is 0 Å². The van der Waals surface area contributed by atoms with Crippen LogP contribution in [0.3, 0.4) is 0 Å². The first-order chi connectivity index (χ1) is 9.99. The van der Waals surface area contributed by atoms with Gasteiger partial charge in [0.15, 0.2) is 0 Å². The largest absolute Gasteiger partial charge is 0.478 e. The quantitative estimate of drug-likeness (QED) is 0.842. The van der Waals surface area contributed by atoms with E-state index in [0.29, 0.717) is 0 Å². The van der Waals surface area contributed by atoms with Gasteiger partial charge in [0.25, 0.3) is 0 Å². The predicted octanol–water partition coefficient (Wildman–Crippen LogP) is 2.08. The van der Waals surface area contributed by atoms with Crippen molar-refractivity contribution in [3.05, 3.63) is 53.4 Å². The summed E-state index contributed by atoms with van der Waals surface area (Å²) in [5.74, 6) is -1.48. The third-order valence-electron chi connectivity index (χ3n) is 3.10. The van der Waals surface area contributed by atoms with Crippen LogP contribution in [0.25, 0.3) is 6.08 Å². The van der Waals surface area contributed by atoms with Gasteiger partial charge >= 0.3 is 5.97 Å². The number of carboxylic acid groups (broad SMARTS) is 1. The maximum absolute atomic E-state index is 11.9. The molecule has 0 saturated carbocycles. The number of para-hydroxylation sites is 1. The van der Waals surface area contributed by atoms with Crippen molar-refractivity contribution in [3.8, 4) is 0 Å². The van der Waals surface area contributed by atoms with Crippen LogP contribution in [0, 0.1) is 6.92 Å².